The van der Waals surface area contributed by atoms with Crippen LogP contribution in [0.1, 0.15) is 15.9 Å². The molecule has 0 spiro atoms. The first kappa shape index (κ1) is 27.2. The summed E-state index contributed by atoms with van der Waals surface area (Å²) < 4.78 is 0. The lowest BCUT2D eigenvalue weighted by Crippen LogP contribution is -2.30. The van der Waals surface area contributed by atoms with E-state index >= 15 is 0 Å². The van der Waals surface area contributed by atoms with Crippen LogP contribution in [0, 0.1) is 10.1 Å². The molecule has 12 heteroatoms. The summed E-state index contributed by atoms with van der Waals surface area (Å²) >= 11 is 2.67. The minimum atomic E-state index is -0.583. The number of aromatic nitrogens is 1. The summed E-state index contributed by atoms with van der Waals surface area (Å²) in [6, 6.07) is 20.9. The molecule has 0 bridgehead atoms. The summed E-state index contributed by atoms with van der Waals surface area (Å²) in [4.78, 5) is 53.2. The van der Waals surface area contributed by atoms with E-state index in [4.69, 9.17) is 0 Å². The maximum atomic E-state index is 13.1. The molecule has 10 nitrogen and oxygen atoms in total. The largest absolute Gasteiger partial charge is 0.321 e. The van der Waals surface area contributed by atoms with Crippen LogP contribution in [0.4, 0.5) is 16.5 Å². The third-order valence-electron chi connectivity index (χ3n) is 5.10. The molecule has 0 aliphatic heterocycles. The Balaban J connectivity index is 1.44. The first-order chi connectivity index (χ1) is 18.9. The highest BCUT2D eigenvalue weighted by Crippen LogP contribution is 2.22. The van der Waals surface area contributed by atoms with Gasteiger partial charge in [0.2, 0.25) is 5.91 Å². The predicted octanol–water partition coefficient (Wildman–Crippen LogP) is 5.19. The zero-order chi connectivity index (χ0) is 27.6. The number of hydrogen-bond acceptors (Lipinski definition) is 8. The van der Waals surface area contributed by atoms with Crippen molar-refractivity contribution in [1.82, 2.24) is 10.3 Å². The Morgan fingerprint density at radius 1 is 0.949 bits per heavy atom. The quantitative estimate of drug-likeness (QED) is 0.105. The van der Waals surface area contributed by atoms with Gasteiger partial charge in [0.1, 0.15) is 5.70 Å². The van der Waals surface area contributed by atoms with E-state index in [2.05, 4.69) is 20.9 Å². The number of nitrogens with zero attached hydrogens (tertiary/aromatic N) is 2. The summed E-state index contributed by atoms with van der Waals surface area (Å²) in [5, 5.41) is 21.4. The molecule has 0 saturated carbocycles. The van der Waals surface area contributed by atoms with Crippen molar-refractivity contribution in [3.63, 3.8) is 0 Å². The van der Waals surface area contributed by atoms with Crippen LogP contribution in [0.5, 0.6) is 0 Å². The first-order valence-corrected chi connectivity index (χ1v) is 13.3. The van der Waals surface area contributed by atoms with E-state index in [1.165, 1.54) is 53.4 Å². The van der Waals surface area contributed by atoms with Gasteiger partial charge in [-0.25, -0.2) is 4.98 Å². The van der Waals surface area contributed by atoms with Crippen molar-refractivity contribution in [3.8, 4) is 0 Å². The van der Waals surface area contributed by atoms with E-state index in [1.807, 2.05) is 0 Å². The number of amides is 3. The summed E-state index contributed by atoms with van der Waals surface area (Å²) in [5.41, 5.74) is 1.18. The number of nitro benzene ring substituents is 1. The van der Waals surface area contributed by atoms with Crippen molar-refractivity contribution < 1.29 is 19.3 Å². The number of nitrogens with one attached hydrogen (secondary N) is 3. The maximum absolute atomic E-state index is 13.1. The molecular weight excluding hydrogens is 538 g/mol. The van der Waals surface area contributed by atoms with Gasteiger partial charge in [0.25, 0.3) is 17.5 Å². The fraction of sp³-hybridized carbons (Fsp3) is 0.0370. The number of anilines is 2. The molecule has 196 valence electrons. The van der Waals surface area contributed by atoms with Crippen molar-refractivity contribution >= 4 is 63.4 Å². The number of benzene rings is 3. The van der Waals surface area contributed by atoms with Crippen LogP contribution in [-0.2, 0) is 9.59 Å². The van der Waals surface area contributed by atoms with Crippen LogP contribution in [0.2, 0.25) is 0 Å². The van der Waals surface area contributed by atoms with Crippen molar-refractivity contribution in [2.45, 2.75) is 4.90 Å². The molecule has 0 atom stereocenters. The number of hydrogen-bond donors (Lipinski definition) is 3. The molecule has 3 N–H and O–H groups in total. The van der Waals surface area contributed by atoms with Crippen LogP contribution >= 0.6 is 23.1 Å². The molecule has 0 fully saturated rings. The number of carbonyl (C=O) groups excluding carboxylic acids is 3. The normalized spacial score (nSPS) is 10.9. The topological polar surface area (TPSA) is 143 Å². The SMILES string of the molecule is O=C(CSc1ccc(NC(=O)/C(=C/c2ccc([N+](=O)[O-])cc2)NC(=O)c2ccccc2)cc1)Nc1nccs1. The Bertz CT molecular complexity index is 1490. The zero-order valence-corrected chi connectivity index (χ0v) is 21.8. The van der Waals surface area contributed by atoms with Crippen molar-refractivity contribution in [3.05, 3.63) is 117 Å². The van der Waals surface area contributed by atoms with E-state index in [1.54, 1.807) is 66.2 Å². The van der Waals surface area contributed by atoms with E-state index in [9.17, 15) is 24.5 Å². The van der Waals surface area contributed by atoms with Crippen LogP contribution in [0.25, 0.3) is 6.08 Å². The van der Waals surface area contributed by atoms with Gasteiger partial charge in [-0.05, 0) is 60.2 Å². The molecule has 4 aromatic rings. The van der Waals surface area contributed by atoms with Crippen LogP contribution in [-0.4, -0.2) is 33.4 Å². The molecule has 3 aromatic carbocycles. The second-order valence-electron chi connectivity index (χ2n) is 7.88. The van der Waals surface area contributed by atoms with E-state index in [0.717, 1.165) is 4.90 Å². The monoisotopic (exact) mass is 559 g/mol. The summed E-state index contributed by atoms with van der Waals surface area (Å²) in [7, 11) is 0. The standard InChI is InChI=1S/C27H21N5O5S2/c33-24(31-27-28-14-15-38-27)17-39-22-12-8-20(9-13-22)29-26(35)23(30-25(34)19-4-2-1-3-5-19)16-18-6-10-21(11-7-18)32(36)37/h1-16H,17H2,(H,29,35)(H,30,34)(H,28,31,33)/b23-16-. The van der Waals surface area contributed by atoms with Gasteiger partial charge in [-0.3, -0.25) is 24.5 Å². The van der Waals surface area contributed by atoms with Crippen molar-refractivity contribution in [2.75, 3.05) is 16.4 Å². The van der Waals surface area contributed by atoms with Gasteiger partial charge in [0.15, 0.2) is 5.13 Å². The number of thiazole rings is 1. The Hall–Kier alpha value is -4.81. The Morgan fingerprint density at radius 2 is 1.67 bits per heavy atom. The van der Waals surface area contributed by atoms with Gasteiger partial charge in [0.05, 0.1) is 10.7 Å². The van der Waals surface area contributed by atoms with Crippen LogP contribution in [0.3, 0.4) is 0 Å². The van der Waals surface area contributed by atoms with Gasteiger partial charge >= 0.3 is 0 Å². The van der Waals surface area contributed by atoms with E-state index in [0.29, 0.717) is 21.9 Å². The minimum absolute atomic E-state index is 0.0463. The molecule has 3 amide bonds. The highest BCUT2D eigenvalue weighted by molar-refractivity contribution is 8.00. The van der Waals surface area contributed by atoms with Gasteiger partial charge in [0, 0.05) is 39.9 Å². The average Bonchev–Trinajstić information content (AvgIpc) is 3.46. The lowest BCUT2D eigenvalue weighted by atomic mass is 10.1. The smallest absolute Gasteiger partial charge is 0.272 e. The minimum Gasteiger partial charge on any atom is -0.321 e. The van der Waals surface area contributed by atoms with Crippen LogP contribution in [0.15, 0.2) is 101 Å². The molecule has 0 aliphatic rings. The molecule has 0 radical (unpaired) electrons. The molecule has 0 saturated heterocycles. The molecule has 0 aliphatic carbocycles. The highest BCUT2D eigenvalue weighted by Gasteiger charge is 2.16. The van der Waals surface area contributed by atoms with Gasteiger partial charge in [-0.15, -0.1) is 23.1 Å². The molecule has 1 aromatic heterocycles. The average molecular weight is 560 g/mol. The molecular formula is C27H21N5O5S2. The lowest BCUT2D eigenvalue weighted by molar-refractivity contribution is -0.384. The van der Waals surface area contributed by atoms with Crippen molar-refractivity contribution in [1.29, 1.82) is 0 Å². The molecule has 1 heterocycles. The zero-order valence-electron chi connectivity index (χ0n) is 20.2. The first-order valence-electron chi connectivity index (χ1n) is 11.4. The summed E-state index contributed by atoms with van der Waals surface area (Å²) in [6.45, 7) is 0. The Morgan fingerprint density at radius 3 is 2.31 bits per heavy atom. The number of non-ortho nitro benzene ring substituents is 1. The maximum Gasteiger partial charge on any atom is 0.272 e. The Kier molecular flexibility index (Phi) is 9.16. The molecule has 0 unspecified atom stereocenters. The van der Waals surface area contributed by atoms with Gasteiger partial charge in [-0.1, -0.05) is 18.2 Å². The second kappa shape index (κ2) is 13.1. The summed E-state index contributed by atoms with van der Waals surface area (Å²) in [6.07, 6.45) is 3.05. The number of carbonyl (C=O) groups is 3. The predicted molar refractivity (Wildman–Crippen MR) is 152 cm³/mol. The fourth-order valence-electron chi connectivity index (χ4n) is 3.22. The highest BCUT2D eigenvalue weighted by atomic mass is 32.2. The summed E-state index contributed by atoms with van der Waals surface area (Å²) in [5.74, 6) is -1.05. The molecule has 4 rings (SSSR count). The number of rotatable bonds is 10. The van der Waals surface area contributed by atoms with Crippen LogP contribution < -0.4 is 16.0 Å². The fourth-order valence-corrected chi connectivity index (χ4v) is 4.47. The molecule has 39 heavy (non-hydrogen) atoms. The third kappa shape index (κ3) is 8.09. The number of nitro groups is 1. The van der Waals surface area contributed by atoms with E-state index in [-0.39, 0.29) is 23.0 Å². The Labute approximate surface area is 231 Å². The third-order valence-corrected chi connectivity index (χ3v) is 6.81. The van der Waals surface area contributed by atoms with Gasteiger partial charge in [-0.2, -0.15) is 0 Å². The van der Waals surface area contributed by atoms with Crippen molar-refractivity contribution in [2.24, 2.45) is 0 Å². The lowest BCUT2D eigenvalue weighted by Gasteiger charge is -2.12. The second-order valence-corrected chi connectivity index (χ2v) is 9.82. The number of thioether (sulfide) groups is 1. The van der Waals surface area contributed by atoms with E-state index < -0.39 is 16.7 Å². The van der Waals surface area contributed by atoms with Gasteiger partial charge < -0.3 is 16.0 Å².